The van der Waals surface area contributed by atoms with Crippen LogP contribution in [0.3, 0.4) is 0 Å². The Morgan fingerprint density at radius 3 is 2.00 bits per heavy atom. The second-order valence-corrected chi connectivity index (χ2v) is 12.4. The van der Waals surface area contributed by atoms with Crippen molar-refractivity contribution < 1.29 is 34.0 Å². The molecule has 0 amide bonds. The van der Waals surface area contributed by atoms with Crippen LogP contribution in [0, 0.1) is 17.8 Å². The predicted octanol–water partition coefficient (Wildman–Crippen LogP) is 5.14. The second kappa shape index (κ2) is 11.1. The zero-order valence-electron chi connectivity index (χ0n) is 23.7. The van der Waals surface area contributed by atoms with Gasteiger partial charge >= 0.3 is 11.9 Å². The first-order valence-corrected chi connectivity index (χ1v) is 14.6. The molecule has 2 N–H and O–H groups in total. The molecular weight excluding hydrogens is 520 g/mol. The summed E-state index contributed by atoms with van der Waals surface area (Å²) in [6.07, 6.45) is 6.67. The Hall–Kier alpha value is -3.42. The van der Waals surface area contributed by atoms with Crippen LogP contribution in [0.25, 0.3) is 21.9 Å². The van der Waals surface area contributed by atoms with E-state index in [0.717, 1.165) is 45.4 Å². The summed E-state index contributed by atoms with van der Waals surface area (Å²) in [7, 11) is 2.52. The summed E-state index contributed by atoms with van der Waals surface area (Å²) in [6.45, 7) is -0.269. The minimum absolute atomic E-state index is 0.0612. The van der Waals surface area contributed by atoms with Crippen molar-refractivity contribution in [2.45, 2.75) is 56.0 Å². The van der Waals surface area contributed by atoms with E-state index in [1.54, 1.807) is 6.07 Å². The molecule has 4 fully saturated rings. The van der Waals surface area contributed by atoms with Crippen LogP contribution in [-0.2, 0) is 24.5 Å². The molecule has 7 heteroatoms. The van der Waals surface area contributed by atoms with E-state index < -0.39 is 24.0 Å². The minimum Gasteiger partial charge on any atom is -0.490 e. The quantitative estimate of drug-likeness (QED) is 0.277. The van der Waals surface area contributed by atoms with Gasteiger partial charge in [0.1, 0.15) is 18.5 Å². The fourth-order valence-electron chi connectivity index (χ4n) is 8.16. The molecule has 4 aliphatic carbocycles. The van der Waals surface area contributed by atoms with Crippen molar-refractivity contribution in [3.63, 3.8) is 0 Å². The monoisotopic (exact) mass is 558 g/mol. The minimum atomic E-state index is -1.13. The molecule has 0 spiro atoms. The molecule has 0 aliphatic heterocycles. The Morgan fingerprint density at radius 2 is 1.39 bits per heavy atom. The van der Waals surface area contributed by atoms with E-state index in [1.165, 1.54) is 58.3 Å². The van der Waals surface area contributed by atoms with Crippen molar-refractivity contribution in [3.8, 4) is 16.9 Å². The van der Waals surface area contributed by atoms with Crippen molar-refractivity contribution in [2.24, 2.45) is 17.8 Å². The van der Waals surface area contributed by atoms with Gasteiger partial charge in [-0.2, -0.15) is 0 Å². The van der Waals surface area contributed by atoms with Crippen molar-refractivity contribution in [2.75, 3.05) is 27.4 Å². The molecule has 0 radical (unpaired) electrons. The van der Waals surface area contributed by atoms with Gasteiger partial charge in [-0.3, -0.25) is 9.59 Å². The summed E-state index contributed by atoms with van der Waals surface area (Å²) in [5.74, 6) is 0.690. The lowest BCUT2D eigenvalue weighted by atomic mass is 9.48. The predicted molar refractivity (Wildman–Crippen MR) is 155 cm³/mol. The smallest absolute Gasteiger partial charge is 0.324 e. The molecule has 7 nitrogen and oxygen atoms in total. The van der Waals surface area contributed by atoms with Gasteiger partial charge in [0.25, 0.3) is 0 Å². The highest BCUT2D eigenvalue weighted by Gasteiger charge is 2.52. The van der Waals surface area contributed by atoms with E-state index >= 15 is 0 Å². The maximum absolute atomic E-state index is 12.3. The van der Waals surface area contributed by atoms with Crippen molar-refractivity contribution >= 4 is 22.7 Å². The number of esters is 2. The second-order valence-electron chi connectivity index (χ2n) is 12.4. The number of hydrogen-bond donors (Lipinski definition) is 2. The number of benzene rings is 3. The molecule has 4 bridgehead atoms. The van der Waals surface area contributed by atoms with E-state index in [0.29, 0.717) is 5.56 Å². The number of carbonyl (C=O) groups excluding carboxylic acids is 2. The van der Waals surface area contributed by atoms with Crippen LogP contribution in [0.1, 0.15) is 55.6 Å². The average Bonchev–Trinajstić information content (AvgIpc) is 2.98. The standard InChI is InChI=1S/C34H38O7/c1-39-32(37)31(33(38)40-2)27-6-5-23-12-24(3-4-25(23)13-27)26-7-8-30(41-19-28(36)18-35)29(14-26)34-15-20-9-21(16-34)11-22(10-20)17-34/h3-8,12-14,20-22,28,31,35-36H,9-11,15-19H2,1-2H3. The highest BCUT2D eigenvalue weighted by atomic mass is 16.5. The highest BCUT2D eigenvalue weighted by molar-refractivity contribution is 6.02. The van der Waals surface area contributed by atoms with E-state index in [4.69, 9.17) is 14.2 Å². The fraction of sp³-hybridized carbons (Fsp3) is 0.471. The van der Waals surface area contributed by atoms with Gasteiger partial charge in [-0.15, -0.1) is 0 Å². The lowest BCUT2D eigenvalue weighted by Crippen LogP contribution is -2.48. The number of methoxy groups -OCH3 is 2. The van der Waals surface area contributed by atoms with E-state index in [2.05, 4.69) is 24.3 Å². The summed E-state index contributed by atoms with van der Waals surface area (Å²) >= 11 is 0. The third-order valence-corrected chi connectivity index (χ3v) is 9.64. The Balaban J connectivity index is 1.36. The van der Waals surface area contributed by atoms with Crippen molar-refractivity contribution in [1.29, 1.82) is 0 Å². The largest absolute Gasteiger partial charge is 0.490 e. The van der Waals surface area contributed by atoms with E-state index in [9.17, 15) is 19.8 Å². The first-order valence-electron chi connectivity index (χ1n) is 14.6. The summed E-state index contributed by atoms with van der Waals surface area (Å²) in [6, 6.07) is 18.1. The van der Waals surface area contributed by atoms with Crippen molar-refractivity contribution in [1.82, 2.24) is 0 Å². The van der Waals surface area contributed by atoms with Crippen LogP contribution in [0.5, 0.6) is 5.75 Å². The lowest BCUT2D eigenvalue weighted by molar-refractivity contribution is -0.154. The van der Waals surface area contributed by atoms with Crippen molar-refractivity contribution in [3.05, 3.63) is 65.7 Å². The number of aliphatic hydroxyl groups excluding tert-OH is 2. The molecule has 0 heterocycles. The molecule has 3 aromatic carbocycles. The van der Waals surface area contributed by atoms with Gasteiger partial charge in [-0.05, 0) is 113 Å². The summed E-state index contributed by atoms with van der Waals surface area (Å²) in [5.41, 5.74) is 4.01. The van der Waals surface area contributed by atoms with Crippen LogP contribution in [0.4, 0.5) is 0 Å². The molecule has 0 aromatic heterocycles. The summed E-state index contributed by atoms with van der Waals surface area (Å²) < 4.78 is 15.8. The SMILES string of the molecule is COC(=O)C(C(=O)OC)c1ccc2cc(-c3ccc(OCC(O)CO)c(C45CC6CC(CC(C6)C4)C5)c3)ccc2c1. The fourth-order valence-corrected chi connectivity index (χ4v) is 8.16. The first-order chi connectivity index (χ1) is 19.8. The van der Waals surface area contributed by atoms with Gasteiger partial charge in [0, 0.05) is 5.56 Å². The number of carbonyl (C=O) groups is 2. The molecule has 216 valence electrons. The number of aliphatic hydroxyl groups is 2. The van der Waals surface area contributed by atoms with Gasteiger partial charge in [0.05, 0.1) is 20.8 Å². The van der Waals surface area contributed by atoms with Crippen LogP contribution >= 0.6 is 0 Å². The Kier molecular flexibility index (Phi) is 7.51. The average molecular weight is 559 g/mol. The third-order valence-electron chi connectivity index (χ3n) is 9.64. The topological polar surface area (TPSA) is 102 Å². The van der Waals surface area contributed by atoms with E-state index in [1.807, 2.05) is 24.3 Å². The molecule has 4 aliphatic rings. The molecule has 3 aromatic rings. The van der Waals surface area contributed by atoms with Crippen LogP contribution < -0.4 is 4.74 Å². The van der Waals surface area contributed by atoms with Gasteiger partial charge < -0.3 is 24.4 Å². The van der Waals surface area contributed by atoms with Gasteiger partial charge in [-0.25, -0.2) is 0 Å². The van der Waals surface area contributed by atoms with Crippen LogP contribution in [0.2, 0.25) is 0 Å². The van der Waals surface area contributed by atoms with Gasteiger partial charge in [0.2, 0.25) is 0 Å². The Bertz CT molecular complexity index is 1410. The van der Waals surface area contributed by atoms with E-state index in [-0.39, 0.29) is 18.6 Å². The van der Waals surface area contributed by atoms with Crippen LogP contribution in [0.15, 0.2) is 54.6 Å². The molecule has 0 saturated heterocycles. The molecule has 4 saturated carbocycles. The lowest BCUT2D eigenvalue weighted by Gasteiger charge is -2.57. The van der Waals surface area contributed by atoms with Gasteiger partial charge in [0.15, 0.2) is 5.92 Å². The molecule has 41 heavy (non-hydrogen) atoms. The molecule has 7 rings (SSSR count). The van der Waals surface area contributed by atoms with Gasteiger partial charge in [-0.1, -0.05) is 30.3 Å². The maximum atomic E-state index is 12.3. The maximum Gasteiger partial charge on any atom is 0.324 e. The highest BCUT2D eigenvalue weighted by Crippen LogP contribution is 2.62. The number of fused-ring (bicyclic) bond motifs is 1. The molecular formula is C34H38O7. The summed E-state index contributed by atoms with van der Waals surface area (Å²) in [5, 5.41) is 21.2. The molecule has 1 unspecified atom stereocenters. The van der Waals surface area contributed by atoms with Crippen LogP contribution in [-0.4, -0.2) is 55.7 Å². The number of hydrogen-bond acceptors (Lipinski definition) is 7. The zero-order chi connectivity index (χ0) is 28.7. The normalized spacial score (nSPS) is 25.3. The Labute approximate surface area is 240 Å². The zero-order valence-corrected chi connectivity index (χ0v) is 23.7. The molecule has 1 atom stereocenters. The first kappa shape index (κ1) is 27.7. The third kappa shape index (κ3) is 5.22. The number of rotatable bonds is 9. The number of ether oxygens (including phenoxy) is 3. The summed E-state index contributed by atoms with van der Waals surface area (Å²) in [4.78, 5) is 24.6. The Morgan fingerprint density at radius 1 is 0.829 bits per heavy atom.